The molecule has 0 aliphatic carbocycles. The Balaban J connectivity index is 4.74. The number of hydrogen-bond donors (Lipinski definition) is 0. The van der Waals surface area contributed by atoms with E-state index in [1.54, 1.807) is 24.2 Å². The molecule has 0 aliphatic heterocycles. The zero-order chi connectivity index (χ0) is 36.7. The van der Waals surface area contributed by atoms with Gasteiger partial charge in [0.2, 0.25) is 0 Å². The standard InChI is InChI=1S/C40H90O3Si5/c1-14-27-44(6,7)30-21-18-17-19-25-40(42-5)38-48(13,29-16-3)37-35-46(10,11)32-23-24-33-47(12,28-15-2)36-34-45(8,9)31-22-20-26-43-39(4)41/h40H,14-38H2,1-13H3. The quantitative estimate of drug-likeness (QED) is 0.0389. The molecule has 0 heterocycles. The average molecular weight is 760 g/mol. The summed E-state index contributed by atoms with van der Waals surface area (Å²) in [5.41, 5.74) is 0. The first-order valence-electron chi connectivity index (χ1n) is 21.0. The predicted molar refractivity (Wildman–Crippen MR) is 233 cm³/mol. The summed E-state index contributed by atoms with van der Waals surface area (Å²) in [6.07, 6.45) is 16.8. The number of ether oxygens (including phenoxy) is 2. The Hall–Kier alpha value is 0.514. The van der Waals surface area contributed by atoms with Crippen molar-refractivity contribution in [3.63, 3.8) is 0 Å². The molecule has 3 atom stereocenters. The maximum Gasteiger partial charge on any atom is 0.302 e. The number of carbonyl (C=O) groups is 1. The predicted octanol–water partition coefficient (Wildman–Crippen LogP) is 14.6. The monoisotopic (exact) mass is 759 g/mol. The van der Waals surface area contributed by atoms with E-state index in [2.05, 4.69) is 73.1 Å². The molecule has 8 heteroatoms. The number of carbonyl (C=O) groups excluding carboxylic acids is 1. The number of methoxy groups -OCH3 is 1. The van der Waals surface area contributed by atoms with Crippen molar-refractivity contribution in [1.82, 2.24) is 0 Å². The topological polar surface area (TPSA) is 35.5 Å². The number of rotatable bonds is 32. The normalized spacial score (nSPS) is 16.0. The lowest BCUT2D eigenvalue weighted by molar-refractivity contribution is -0.141. The molecule has 0 bridgehead atoms. The van der Waals surface area contributed by atoms with E-state index in [0.29, 0.717) is 12.7 Å². The molecule has 0 aromatic carbocycles. The first-order valence-corrected chi connectivity index (χ1v) is 37.5. The molecule has 0 aliphatic rings. The molecule has 0 amide bonds. The van der Waals surface area contributed by atoms with Gasteiger partial charge in [0.05, 0.1) is 28.9 Å². The lowest BCUT2D eigenvalue weighted by Gasteiger charge is -2.34. The van der Waals surface area contributed by atoms with Crippen molar-refractivity contribution in [3.8, 4) is 0 Å². The molecule has 3 nitrogen and oxygen atoms in total. The van der Waals surface area contributed by atoms with Gasteiger partial charge in [-0.15, -0.1) is 0 Å². The van der Waals surface area contributed by atoms with Crippen LogP contribution in [0.4, 0.5) is 0 Å². The highest BCUT2D eigenvalue weighted by molar-refractivity contribution is 6.84. The van der Waals surface area contributed by atoms with Gasteiger partial charge in [-0.25, -0.2) is 0 Å². The minimum absolute atomic E-state index is 0.138. The molecule has 0 N–H and O–H groups in total. The van der Waals surface area contributed by atoms with E-state index >= 15 is 0 Å². The van der Waals surface area contributed by atoms with Crippen LogP contribution in [-0.2, 0) is 14.3 Å². The molecular weight excluding hydrogens is 669 g/mol. The second-order valence-electron chi connectivity index (χ2n) is 19.4. The van der Waals surface area contributed by atoms with Gasteiger partial charge in [0.1, 0.15) is 0 Å². The van der Waals surface area contributed by atoms with Gasteiger partial charge in [0.25, 0.3) is 0 Å². The van der Waals surface area contributed by atoms with Crippen molar-refractivity contribution in [2.24, 2.45) is 0 Å². The molecule has 0 aromatic rings. The highest BCUT2D eigenvalue weighted by atomic mass is 28.3. The molecular formula is C40H90O3Si5. The van der Waals surface area contributed by atoms with Gasteiger partial charge in [-0.3, -0.25) is 4.79 Å². The van der Waals surface area contributed by atoms with Crippen LogP contribution in [-0.4, -0.2) is 66.2 Å². The van der Waals surface area contributed by atoms with Crippen molar-refractivity contribution in [1.29, 1.82) is 0 Å². The van der Waals surface area contributed by atoms with Crippen molar-refractivity contribution >= 4 is 46.3 Å². The van der Waals surface area contributed by atoms with Crippen LogP contribution in [0, 0.1) is 0 Å². The zero-order valence-electron chi connectivity index (χ0n) is 35.5. The molecule has 0 saturated heterocycles. The molecule has 3 unspecified atom stereocenters. The van der Waals surface area contributed by atoms with Crippen molar-refractivity contribution in [3.05, 3.63) is 0 Å². The minimum Gasteiger partial charge on any atom is -0.466 e. The Labute approximate surface area is 308 Å². The lowest BCUT2D eigenvalue weighted by atomic mass is 10.1. The largest absolute Gasteiger partial charge is 0.466 e. The van der Waals surface area contributed by atoms with Gasteiger partial charge in [0.15, 0.2) is 0 Å². The summed E-state index contributed by atoms with van der Waals surface area (Å²) in [5.74, 6) is -0.138. The Bertz CT molecular complexity index is 821. The molecule has 288 valence electrons. The highest BCUT2D eigenvalue weighted by Gasteiger charge is 2.34. The molecule has 0 radical (unpaired) electrons. The van der Waals surface area contributed by atoms with E-state index in [-0.39, 0.29) is 5.97 Å². The third-order valence-corrected chi connectivity index (χ3v) is 32.6. The van der Waals surface area contributed by atoms with Gasteiger partial charge >= 0.3 is 5.97 Å². The molecule has 0 rings (SSSR count). The molecule has 0 saturated carbocycles. The van der Waals surface area contributed by atoms with Crippen LogP contribution >= 0.6 is 0 Å². The summed E-state index contributed by atoms with van der Waals surface area (Å²) in [6.45, 7) is 30.6. The Kier molecular flexibility index (Phi) is 25.8. The Morgan fingerprint density at radius 2 is 0.938 bits per heavy atom. The first-order chi connectivity index (χ1) is 22.4. The second-order valence-corrected chi connectivity index (χ2v) is 45.5. The summed E-state index contributed by atoms with van der Waals surface area (Å²) in [7, 11) is -3.72. The second kappa shape index (κ2) is 25.5. The SMILES string of the molecule is CCC[Si](C)(C)CCCCCCC(C[Si](C)(CCC)CC[Si](C)(C)CCCC[Si](C)(CCC)CC[Si](C)(C)CCCCOC(C)=O)OC. The fourth-order valence-electron chi connectivity index (χ4n) is 8.50. The van der Waals surface area contributed by atoms with Crippen LogP contribution in [0.1, 0.15) is 105 Å². The van der Waals surface area contributed by atoms with E-state index in [4.69, 9.17) is 9.47 Å². The molecule has 48 heavy (non-hydrogen) atoms. The lowest BCUT2D eigenvalue weighted by Crippen LogP contribution is -2.38. The van der Waals surface area contributed by atoms with Crippen molar-refractivity contribution in [2.75, 3.05) is 13.7 Å². The minimum atomic E-state index is -1.29. The van der Waals surface area contributed by atoms with E-state index < -0.39 is 40.4 Å². The highest BCUT2D eigenvalue weighted by Crippen LogP contribution is 2.35. The fourth-order valence-corrected chi connectivity index (χ4v) is 30.9. The van der Waals surface area contributed by atoms with E-state index in [1.165, 1.54) is 126 Å². The van der Waals surface area contributed by atoms with Crippen LogP contribution in [0.3, 0.4) is 0 Å². The smallest absolute Gasteiger partial charge is 0.302 e. The number of unbranched alkanes of at least 4 members (excludes halogenated alkanes) is 5. The van der Waals surface area contributed by atoms with Gasteiger partial charge in [0, 0.05) is 38.3 Å². The van der Waals surface area contributed by atoms with Crippen LogP contribution in [0.25, 0.3) is 0 Å². The summed E-state index contributed by atoms with van der Waals surface area (Å²) < 4.78 is 11.3. The number of esters is 1. The maximum atomic E-state index is 11.1. The maximum absolute atomic E-state index is 11.1. The van der Waals surface area contributed by atoms with Gasteiger partial charge in [-0.2, -0.15) is 0 Å². The third-order valence-electron chi connectivity index (χ3n) is 12.1. The Morgan fingerprint density at radius 3 is 1.46 bits per heavy atom. The zero-order valence-corrected chi connectivity index (χ0v) is 40.5. The van der Waals surface area contributed by atoms with E-state index in [9.17, 15) is 4.79 Å². The molecule has 0 aromatic heterocycles. The van der Waals surface area contributed by atoms with Gasteiger partial charge < -0.3 is 9.47 Å². The van der Waals surface area contributed by atoms with Gasteiger partial charge in [-0.1, -0.05) is 204 Å². The molecule has 0 fully saturated rings. The van der Waals surface area contributed by atoms with E-state index in [1.807, 2.05) is 7.11 Å². The summed E-state index contributed by atoms with van der Waals surface area (Å²) in [5, 5.41) is 0. The summed E-state index contributed by atoms with van der Waals surface area (Å²) in [6, 6.07) is 18.0. The summed E-state index contributed by atoms with van der Waals surface area (Å²) >= 11 is 0. The van der Waals surface area contributed by atoms with Crippen LogP contribution < -0.4 is 0 Å². The van der Waals surface area contributed by atoms with Crippen molar-refractivity contribution < 1.29 is 14.3 Å². The summed E-state index contributed by atoms with van der Waals surface area (Å²) in [4.78, 5) is 11.1. The fraction of sp³-hybridized carbons (Fsp3) is 0.975. The van der Waals surface area contributed by atoms with Crippen LogP contribution in [0.5, 0.6) is 0 Å². The van der Waals surface area contributed by atoms with Gasteiger partial charge in [-0.05, 0) is 18.9 Å². The van der Waals surface area contributed by atoms with Crippen LogP contribution in [0.15, 0.2) is 0 Å². The van der Waals surface area contributed by atoms with E-state index in [0.717, 1.165) is 6.42 Å². The Morgan fingerprint density at radius 1 is 0.500 bits per heavy atom. The first kappa shape index (κ1) is 48.5. The van der Waals surface area contributed by atoms with Crippen LogP contribution in [0.2, 0.25) is 125 Å². The number of hydrogen-bond acceptors (Lipinski definition) is 3. The average Bonchev–Trinajstić information content (AvgIpc) is 2.99. The molecule has 0 spiro atoms. The third kappa shape index (κ3) is 25.5. The van der Waals surface area contributed by atoms with Crippen molar-refractivity contribution in [2.45, 2.75) is 236 Å².